The average molecular weight is 333 g/mol. The molecule has 5 N–H and O–H groups in total. The number of hydrogen-bond donors (Lipinski definition) is 4. The molecule has 1 fully saturated rings. The van der Waals surface area contributed by atoms with Gasteiger partial charge in [-0.2, -0.15) is 0 Å². The van der Waals surface area contributed by atoms with Gasteiger partial charge in [0.15, 0.2) is 0 Å². The monoisotopic (exact) mass is 333 g/mol. The molecule has 2 amide bonds. The van der Waals surface area contributed by atoms with Crippen molar-refractivity contribution < 1.29 is 19.5 Å². The summed E-state index contributed by atoms with van der Waals surface area (Å²) in [6, 6.07) is 5.48. The molecular weight excluding hydrogens is 310 g/mol. The Bertz CT molecular complexity index is 626. The van der Waals surface area contributed by atoms with Gasteiger partial charge >= 0.3 is 0 Å². The number of ether oxygens (including phenoxy) is 1. The van der Waals surface area contributed by atoms with E-state index in [1.54, 1.807) is 44.4 Å². The molecule has 2 rings (SSSR count). The predicted octanol–water partition coefficient (Wildman–Crippen LogP) is 1.47. The van der Waals surface area contributed by atoms with Gasteiger partial charge in [0.2, 0.25) is 0 Å². The van der Waals surface area contributed by atoms with E-state index in [0.717, 1.165) is 12.8 Å². The van der Waals surface area contributed by atoms with E-state index in [0.29, 0.717) is 11.3 Å². The quantitative estimate of drug-likeness (QED) is 0.358. The maximum absolute atomic E-state index is 12.3. The highest BCUT2D eigenvalue weighted by Crippen LogP contribution is 2.25. The van der Waals surface area contributed by atoms with Crippen molar-refractivity contribution in [3.05, 3.63) is 41.7 Å². The summed E-state index contributed by atoms with van der Waals surface area (Å²) in [6.45, 7) is 3.16. The number of carbonyl (C=O) groups is 2. The third kappa shape index (κ3) is 4.56. The van der Waals surface area contributed by atoms with Crippen LogP contribution in [0.15, 0.2) is 36.1 Å². The minimum Gasteiger partial charge on any atom is -0.465 e. The summed E-state index contributed by atoms with van der Waals surface area (Å²) in [4.78, 5) is 24.0. The number of nitrogens with two attached hydrogens (primary N) is 1. The fourth-order valence-corrected chi connectivity index (χ4v) is 2.20. The zero-order valence-corrected chi connectivity index (χ0v) is 13.8. The topological polar surface area (TPSA) is 114 Å². The van der Waals surface area contributed by atoms with Crippen molar-refractivity contribution in [1.29, 1.82) is 0 Å². The lowest BCUT2D eigenvalue weighted by atomic mass is 9.94. The fourth-order valence-electron chi connectivity index (χ4n) is 2.20. The van der Waals surface area contributed by atoms with Crippen LogP contribution in [0.5, 0.6) is 5.75 Å². The van der Waals surface area contributed by atoms with E-state index in [1.165, 1.54) is 17.5 Å². The molecule has 1 aromatic carbocycles. The molecule has 1 aliphatic rings. The van der Waals surface area contributed by atoms with Crippen LogP contribution in [-0.4, -0.2) is 28.6 Å². The lowest BCUT2D eigenvalue weighted by Gasteiger charge is -2.29. The predicted molar refractivity (Wildman–Crippen MR) is 88.5 cm³/mol. The van der Waals surface area contributed by atoms with Crippen LogP contribution in [0, 0.1) is 0 Å². The lowest BCUT2D eigenvalue weighted by Crippen LogP contribution is -2.61. The maximum atomic E-state index is 12.3. The number of nitrogens with one attached hydrogen (secondary N) is 2. The Labute approximate surface area is 140 Å². The molecule has 0 aliphatic heterocycles. The summed E-state index contributed by atoms with van der Waals surface area (Å²) in [5.74, 6) is -0.608. The summed E-state index contributed by atoms with van der Waals surface area (Å²) in [5, 5.41) is 11.3. The fraction of sp³-hybridized carbons (Fsp3) is 0.412. The molecule has 1 unspecified atom stereocenters. The molecular formula is C17H23N3O4. The van der Waals surface area contributed by atoms with Crippen molar-refractivity contribution in [3.63, 3.8) is 0 Å². The second-order valence-corrected chi connectivity index (χ2v) is 6.48. The van der Waals surface area contributed by atoms with Crippen LogP contribution in [-0.2, 0) is 4.79 Å². The number of rotatable bonds is 6. The van der Waals surface area contributed by atoms with Crippen LogP contribution in [0.1, 0.15) is 43.5 Å². The SMILES string of the molecule is CC(C)(N)C(NC(=O)c1ccc(OC=C2CCC2)cc1)C(=O)NO. The molecule has 130 valence electrons. The summed E-state index contributed by atoms with van der Waals surface area (Å²) < 4.78 is 5.52. The molecule has 1 saturated carbocycles. The molecule has 0 saturated heterocycles. The number of carbonyl (C=O) groups excluding carboxylic acids is 2. The smallest absolute Gasteiger partial charge is 0.267 e. The molecule has 7 heteroatoms. The molecule has 1 atom stereocenters. The highest BCUT2D eigenvalue weighted by atomic mass is 16.5. The van der Waals surface area contributed by atoms with E-state index >= 15 is 0 Å². The number of benzene rings is 1. The van der Waals surface area contributed by atoms with Gasteiger partial charge in [0.1, 0.15) is 11.8 Å². The highest BCUT2D eigenvalue weighted by Gasteiger charge is 2.33. The summed E-state index contributed by atoms with van der Waals surface area (Å²) in [5.41, 5.74) is 7.99. The van der Waals surface area contributed by atoms with Crippen molar-refractivity contribution in [2.45, 2.75) is 44.7 Å². The van der Waals surface area contributed by atoms with Gasteiger partial charge in [-0.05, 0) is 62.9 Å². The van der Waals surface area contributed by atoms with Gasteiger partial charge in [-0.1, -0.05) is 0 Å². The van der Waals surface area contributed by atoms with Crippen LogP contribution in [0.3, 0.4) is 0 Å². The van der Waals surface area contributed by atoms with Crippen molar-refractivity contribution >= 4 is 11.8 Å². The third-order valence-electron chi connectivity index (χ3n) is 3.87. The van der Waals surface area contributed by atoms with E-state index in [-0.39, 0.29) is 0 Å². The Hall–Kier alpha value is -2.38. The molecule has 0 radical (unpaired) electrons. The van der Waals surface area contributed by atoms with Crippen molar-refractivity contribution in [1.82, 2.24) is 10.8 Å². The summed E-state index contributed by atoms with van der Waals surface area (Å²) in [6.07, 6.45) is 5.10. The highest BCUT2D eigenvalue weighted by molar-refractivity contribution is 5.97. The molecule has 1 aliphatic carbocycles. The van der Waals surface area contributed by atoms with E-state index < -0.39 is 23.4 Å². The van der Waals surface area contributed by atoms with E-state index in [4.69, 9.17) is 15.7 Å². The van der Waals surface area contributed by atoms with Crippen molar-refractivity contribution in [2.24, 2.45) is 5.73 Å². The first-order valence-electron chi connectivity index (χ1n) is 7.79. The standard InChI is InChI=1S/C17H23N3O4/c1-17(2,18)14(16(22)20-23)19-15(21)12-6-8-13(9-7-12)24-10-11-4-3-5-11/h6-10,14,23H,3-5,18H2,1-2H3,(H,19,21)(H,20,22). The molecule has 1 aromatic rings. The van der Waals surface area contributed by atoms with Gasteiger partial charge in [-0.15, -0.1) is 0 Å². The van der Waals surface area contributed by atoms with E-state index in [1.807, 2.05) is 0 Å². The molecule has 0 aromatic heterocycles. The van der Waals surface area contributed by atoms with Gasteiger partial charge in [0.25, 0.3) is 11.8 Å². The van der Waals surface area contributed by atoms with Crippen molar-refractivity contribution in [3.8, 4) is 5.75 Å². The largest absolute Gasteiger partial charge is 0.465 e. The number of hydrogen-bond acceptors (Lipinski definition) is 5. The third-order valence-corrected chi connectivity index (χ3v) is 3.87. The first-order chi connectivity index (χ1) is 11.3. The zero-order chi connectivity index (χ0) is 17.7. The first-order valence-corrected chi connectivity index (χ1v) is 7.79. The summed E-state index contributed by atoms with van der Waals surface area (Å²) in [7, 11) is 0. The van der Waals surface area contributed by atoms with Gasteiger partial charge in [0.05, 0.1) is 6.26 Å². The van der Waals surface area contributed by atoms with Gasteiger partial charge in [-0.25, -0.2) is 5.48 Å². The van der Waals surface area contributed by atoms with Crippen LogP contribution in [0.4, 0.5) is 0 Å². The number of allylic oxidation sites excluding steroid dienone is 1. The van der Waals surface area contributed by atoms with Crippen molar-refractivity contribution in [2.75, 3.05) is 0 Å². The summed E-state index contributed by atoms with van der Waals surface area (Å²) >= 11 is 0. The Morgan fingerprint density at radius 1 is 1.29 bits per heavy atom. The number of hydroxylamine groups is 1. The Balaban J connectivity index is 2.01. The Morgan fingerprint density at radius 3 is 2.38 bits per heavy atom. The minimum absolute atomic E-state index is 0.360. The second-order valence-electron chi connectivity index (χ2n) is 6.48. The molecule has 0 heterocycles. The minimum atomic E-state index is -1.07. The zero-order valence-electron chi connectivity index (χ0n) is 13.8. The Morgan fingerprint density at radius 2 is 1.92 bits per heavy atom. The van der Waals surface area contributed by atoms with Gasteiger partial charge < -0.3 is 15.8 Å². The van der Waals surface area contributed by atoms with Gasteiger partial charge in [0, 0.05) is 11.1 Å². The van der Waals surface area contributed by atoms with E-state index in [2.05, 4.69) is 5.32 Å². The second kappa shape index (κ2) is 7.46. The first kappa shape index (κ1) is 18.0. The average Bonchev–Trinajstić information content (AvgIpc) is 2.49. The van der Waals surface area contributed by atoms with Gasteiger partial charge in [-0.3, -0.25) is 14.8 Å². The van der Waals surface area contributed by atoms with E-state index in [9.17, 15) is 9.59 Å². The Kier molecular flexibility index (Phi) is 5.58. The molecule has 0 spiro atoms. The molecule has 0 bridgehead atoms. The van der Waals surface area contributed by atoms with Crippen LogP contribution >= 0.6 is 0 Å². The van der Waals surface area contributed by atoms with Crippen LogP contribution < -0.4 is 21.3 Å². The normalized spacial score (nSPS) is 15.1. The van der Waals surface area contributed by atoms with Crippen LogP contribution in [0.2, 0.25) is 0 Å². The van der Waals surface area contributed by atoms with Crippen LogP contribution in [0.25, 0.3) is 0 Å². The molecule has 7 nitrogen and oxygen atoms in total. The number of amides is 2. The maximum Gasteiger partial charge on any atom is 0.267 e. The lowest BCUT2D eigenvalue weighted by molar-refractivity contribution is -0.132. The molecule has 24 heavy (non-hydrogen) atoms.